The minimum absolute atomic E-state index is 0.0878. The number of hydrogen-bond acceptors (Lipinski definition) is 3. The number of rotatable bonds is 3. The molecule has 1 heterocycles. The molecule has 76 valence electrons. The third-order valence-electron chi connectivity index (χ3n) is 1.95. The Morgan fingerprint density at radius 1 is 1.69 bits per heavy atom. The second-order valence-electron chi connectivity index (χ2n) is 2.88. The number of urea groups is 1. The molecule has 0 radical (unpaired) electrons. The van der Waals surface area contributed by atoms with Gasteiger partial charge in [0.1, 0.15) is 0 Å². The van der Waals surface area contributed by atoms with Gasteiger partial charge in [0.25, 0.3) is 0 Å². The number of halogens is 1. The lowest BCUT2D eigenvalue weighted by atomic mass is 10.5. The molecule has 1 fully saturated rings. The molecule has 1 saturated heterocycles. The van der Waals surface area contributed by atoms with E-state index in [0.29, 0.717) is 24.3 Å². The van der Waals surface area contributed by atoms with Crippen LogP contribution in [0.4, 0.5) is 4.79 Å². The van der Waals surface area contributed by atoms with Gasteiger partial charge in [-0.05, 0) is 0 Å². The monoisotopic (exact) mass is 298 g/mol. The van der Waals surface area contributed by atoms with E-state index in [0.717, 1.165) is 13.1 Å². The highest BCUT2D eigenvalue weighted by atomic mass is 127. The third-order valence-corrected chi connectivity index (χ3v) is 2.77. The summed E-state index contributed by atoms with van der Waals surface area (Å²) in [6, 6.07) is 0.0878. The SMILES string of the molecule is NCCN(CI)C(=O)N1CCNC1. The van der Waals surface area contributed by atoms with Crippen LogP contribution in [-0.4, -0.2) is 53.2 Å². The fourth-order valence-corrected chi connectivity index (χ4v) is 1.87. The van der Waals surface area contributed by atoms with Crippen molar-refractivity contribution in [2.75, 3.05) is 37.4 Å². The summed E-state index contributed by atoms with van der Waals surface area (Å²) in [5.41, 5.74) is 5.41. The standard InChI is InChI=1S/C7H15IN4O/c8-5-11(3-1-9)7(13)12-4-2-10-6-12/h10H,1-6,9H2. The normalized spacial score (nSPS) is 16.3. The van der Waals surface area contributed by atoms with Crippen molar-refractivity contribution in [2.45, 2.75) is 0 Å². The summed E-state index contributed by atoms with van der Waals surface area (Å²) < 4.78 is 0.699. The summed E-state index contributed by atoms with van der Waals surface area (Å²) in [5.74, 6) is 0. The van der Waals surface area contributed by atoms with Crippen molar-refractivity contribution in [1.29, 1.82) is 0 Å². The van der Waals surface area contributed by atoms with E-state index < -0.39 is 0 Å². The number of nitrogens with two attached hydrogens (primary N) is 1. The van der Waals surface area contributed by atoms with Gasteiger partial charge in [0.15, 0.2) is 0 Å². The van der Waals surface area contributed by atoms with E-state index >= 15 is 0 Å². The summed E-state index contributed by atoms with van der Waals surface area (Å²) in [4.78, 5) is 15.3. The molecule has 13 heavy (non-hydrogen) atoms. The molecule has 0 aliphatic carbocycles. The molecule has 0 spiro atoms. The Hall–Kier alpha value is -0.0800. The Bertz CT molecular complexity index is 172. The van der Waals surface area contributed by atoms with Crippen LogP contribution in [0.2, 0.25) is 0 Å². The molecular formula is C7H15IN4O. The van der Waals surface area contributed by atoms with Crippen molar-refractivity contribution >= 4 is 28.6 Å². The summed E-state index contributed by atoms with van der Waals surface area (Å²) >= 11 is 2.18. The molecule has 2 amide bonds. The maximum absolute atomic E-state index is 11.7. The van der Waals surface area contributed by atoms with Crippen LogP contribution in [-0.2, 0) is 0 Å². The summed E-state index contributed by atoms with van der Waals surface area (Å²) in [7, 11) is 0. The molecule has 1 rings (SSSR count). The Kier molecular flexibility index (Phi) is 4.74. The van der Waals surface area contributed by atoms with Crippen LogP contribution >= 0.6 is 22.6 Å². The second kappa shape index (κ2) is 5.61. The minimum atomic E-state index is 0.0878. The Labute approximate surface area is 91.8 Å². The van der Waals surface area contributed by atoms with Crippen molar-refractivity contribution < 1.29 is 4.79 Å². The molecule has 6 heteroatoms. The number of carbonyl (C=O) groups is 1. The smallest absolute Gasteiger partial charge is 0.321 e. The lowest BCUT2D eigenvalue weighted by Gasteiger charge is -2.25. The van der Waals surface area contributed by atoms with Gasteiger partial charge in [0, 0.05) is 26.2 Å². The van der Waals surface area contributed by atoms with Crippen molar-refractivity contribution in [3.8, 4) is 0 Å². The zero-order chi connectivity index (χ0) is 9.68. The van der Waals surface area contributed by atoms with E-state index in [1.807, 2.05) is 0 Å². The lowest BCUT2D eigenvalue weighted by Crippen LogP contribution is -2.43. The average molecular weight is 298 g/mol. The van der Waals surface area contributed by atoms with E-state index in [-0.39, 0.29) is 6.03 Å². The Balaban J connectivity index is 2.42. The number of hydrogen-bond donors (Lipinski definition) is 2. The molecule has 1 aliphatic heterocycles. The van der Waals surface area contributed by atoms with Gasteiger partial charge in [-0.25, -0.2) is 4.79 Å². The molecule has 0 aromatic carbocycles. The lowest BCUT2D eigenvalue weighted by molar-refractivity contribution is 0.173. The average Bonchev–Trinajstić information content (AvgIpc) is 2.65. The van der Waals surface area contributed by atoms with E-state index in [2.05, 4.69) is 27.9 Å². The van der Waals surface area contributed by atoms with Crippen LogP contribution in [0, 0.1) is 0 Å². The first-order valence-electron chi connectivity index (χ1n) is 4.30. The second-order valence-corrected chi connectivity index (χ2v) is 3.56. The van der Waals surface area contributed by atoms with Crippen LogP contribution in [0.5, 0.6) is 0 Å². The molecular weight excluding hydrogens is 283 g/mol. The van der Waals surface area contributed by atoms with Gasteiger partial charge >= 0.3 is 6.03 Å². The molecule has 3 N–H and O–H groups in total. The molecule has 0 atom stereocenters. The van der Waals surface area contributed by atoms with Gasteiger partial charge < -0.3 is 15.5 Å². The minimum Gasteiger partial charge on any atom is -0.329 e. The molecule has 0 bridgehead atoms. The molecule has 0 aromatic rings. The van der Waals surface area contributed by atoms with Crippen LogP contribution in [0.1, 0.15) is 0 Å². The van der Waals surface area contributed by atoms with Gasteiger partial charge in [-0.3, -0.25) is 5.32 Å². The molecule has 0 aromatic heterocycles. The highest BCUT2D eigenvalue weighted by Crippen LogP contribution is 2.03. The molecule has 0 saturated carbocycles. The first-order chi connectivity index (χ1) is 6.29. The van der Waals surface area contributed by atoms with Crippen molar-refractivity contribution in [2.24, 2.45) is 5.73 Å². The van der Waals surface area contributed by atoms with Gasteiger partial charge in [-0.1, -0.05) is 22.6 Å². The van der Waals surface area contributed by atoms with E-state index in [1.165, 1.54) is 0 Å². The zero-order valence-corrected chi connectivity index (χ0v) is 9.66. The van der Waals surface area contributed by atoms with Gasteiger partial charge in [0.05, 0.1) is 11.2 Å². The van der Waals surface area contributed by atoms with Crippen LogP contribution in [0.25, 0.3) is 0 Å². The number of nitrogens with zero attached hydrogens (tertiary/aromatic N) is 2. The predicted octanol–water partition coefficient (Wildman–Crippen LogP) is -0.378. The maximum atomic E-state index is 11.7. The topological polar surface area (TPSA) is 61.6 Å². The van der Waals surface area contributed by atoms with Crippen molar-refractivity contribution in [3.63, 3.8) is 0 Å². The Morgan fingerprint density at radius 2 is 2.46 bits per heavy atom. The van der Waals surface area contributed by atoms with Gasteiger partial charge in [-0.15, -0.1) is 0 Å². The number of alkyl halides is 1. The molecule has 5 nitrogen and oxygen atoms in total. The van der Waals surface area contributed by atoms with E-state index in [1.54, 1.807) is 9.80 Å². The van der Waals surface area contributed by atoms with Gasteiger partial charge in [-0.2, -0.15) is 0 Å². The summed E-state index contributed by atoms with van der Waals surface area (Å²) in [5, 5.41) is 3.12. The van der Waals surface area contributed by atoms with Crippen LogP contribution < -0.4 is 11.1 Å². The van der Waals surface area contributed by atoms with Crippen molar-refractivity contribution in [1.82, 2.24) is 15.1 Å². The van der Waals surface area contributed by atoms with Crippen LogP contribution in [0.3, 0.4) is 0 Å². The highest BCUT2D eigenvalue weighted by Gasteiger charge is 2.21. The third kappa shape index (κ3) is 2.96. The first-order valence-corrected chi connectivity index (χ1v) is 5.82. The van der Waals surface area contributed by atoms with E-state index in [9.17, 15) is 4.79 Å². The number of amides is 2. The molecule has 0 unspecified atom stereocenters. The maximum Gasteiger partial charge on any atom is 0.321 e. The predicted molar refractivity (Wildman–Crippen MR) is 59.6 cm³/mol. The molecule has 1 aliphatic rings. The summed E-state index contributed by atoms with van der Waals surface area (Å²) in [6.07, 6.45) is 0. The van der Waals surface area contributed by atoms with Crippen LogP contribution in [0.15, 0.2) is 0 Å². The fraction of sp³-hybridized carbons (Fsp3) is 0.857. The zero-order valence-electron chi connectivity index (χ0n) is 7.50. The number of nitrogens with one attached hydrogen (secondary N) is 1. The van der Waals surface area contributed by atoms with Gasteiger partial charge in [0.2, 0.25) is 0 Å². The van der Waals surface area contributed by atoms with E-state index in [4.69, 9.17) is 5.73 Å². The highest BCUT2D eigenvalue weighted by molar-refractivity contribution is 14.1. The summed E-state index contributed by atoms with van der Waals surface area (Å²) in [6.45, 7) is 3.52. The quantitative estimate of drug-likeness (QED) is 0.424. The largest absolute Gasteiger partial charge is 0.329 e. The number of carbonyl (C=O) groups excluding carboxylic acids is 1. The fourth-order valence-electron chi connectivity index (χ4n) is 1.23. The van der Waals surface area contributed by atoms with Crippen molar-refractivity contribution in [3.05, 3.63) is 0 Å². The Morgan fingerprint density at radius 3 is 2.92 bits per heavy atom. The first kappa shape index (κ1) is 11.0.